The molecule has 0 unspecified atom stereocenters. The number of carbonyl (C=O) groups is 2. The quantitative estimate of drug-likeness (QED) is 0.786. The summed E-state index contributed by atoms with van der Waals surface area (Å²) in [5, 5.41) is 0. The van der Waals surface area contributed by atoms with E-state index in [1.165, 1.54) is 12.1 Å². The van der Waals surface area contributed by atoms with Crippen molar-refractivity contribution < 1.29 is 27.8 Å². The monoisotopic (exact) mass is 351 g/mol. The van der Waals surface area contributed by atoms with Gasteiger partial charge < -0.3 is 9.47 Å². The highest BCUT2D eigenvalue weighted by Crippen LogP contribution is 2.44. The summed E-state index contributed by atoms with van der Waals surface area (Å²) in [5.41, 5.74) is 0.386. The molecule has 0 aromatic heterocycles. The molecule has 3 aliphatic rings. The molecule has 7 heteroatoms. The Hall–Kier alpha value is -1.86. The maximum absolute atomic E-state index is 14.8. The zero-order valence-corrected chi connectivity index (χ0v) is 13.7. The Bertz CT molecular complexity index is 670. The largest absolute Gasteiger partial charge is 0.348 e. The number of ether oxygens (including phenoxy) is 2. The first-order valence-corrected chi connectivity index (χ1v) is 8.53. The second-order valence-electron chi connectivity index (χ2n) is 6.88. The highest BCUT2D eigenvalue weighted by Gasteiger charge is 2.50. The molecule has 1 aliphatic carbocycles. The first kappa shape index (κ1) is 16.6. The van der Waals surface area contributed by atoms with Gasteiger partial charge in [0.1, 0.15) is 0 Å². The summed E-state index contributed by atoms with van der Waals surface area (Å²) in [6, 6.07) is 6.22. The minimum atomic E-state index is -3.13. The molecule has 2 amide bonds. The van der Waals surface area contributed by atoms with E-state index in [0.717, 1.165) is 0 Å². The molecule has 1 aromatic carbocycles. The van der Waals surface area contributed by atoms with Gasteiger partial charge in [-0.3, -0.25) is 14.5 Å². The molecule has 1 aromatic rings. The third kappa shape index (κ3) is 2.75. The van der Waals surface area contributed by atoms with Gasteiger partial charge >= 0.3 is 0 Å². The van der Waals surface area contributed by atoms with E-state index in [9.17, 15) is 18.4 Å². The van der Waals surface area contributed by atoms with E-state index in [0.29, 0.717) is 31.0 Å². The average Bonchev–Trinajstić information content (AvgIpc) is 3.15. The summed E-state index contributed by atoms with van der Waals surface area (Å²) in [7, 11) is 0. The number of imide groups is 1. The minimum Gasteiger partial charge on any atom is -0.348 e. The van der Waals surface area contributed by atoms with E-state index in [4.69, 9.17) is 9.47 Å². The van der Waals surface area contributed by atoms with Crippen LogP contribution in [0.5, 0.6) is 0 Å². The predicted octanol–water partition coefficient (Wildman–Crippen LogP) is 2.85. The molecule has 2 aliphatic heterocycles. The lowest BCUT2D eigenvalue weighted by atomic mass is 9.81. The molecule has 0 bridgehead atoms. The van der Waals surface area contributed by atoms with Crippen LogP contribution in [0.15, 0.2) is 24.3 Å². The molecule has 1 saturated carbocycles. The number of benzene rings is 1. The van der Waals surface area contributed by atoms with Crippen LogP contribution in [0.4, 0.5) is 8.78 Å². The first-order chi connectivity index (χ1) is 11.9. The molecule has 1 spiro atoms. The molecule has 1 saturated heterocycles. The Morgan fingerprint density at radius 2 is 1.56 bits per heavy atom. The lowest BCUT2D eigenvalue weighted by Gasteiger charge is -2.39. The summed E-state index contributed by atoms with van der Waals surface area (Å²) in [5.74, 6) is -6.02. The van der Waals surface area contributed by atoms with Gasteiger partial charge in [0.2, 0.25) is 0 Å². The van der Waals surface area contributed by atoms with Gasteiger partial charge in [-0.2, -0.15) is 0 Å². The Kier molecular flexibility index (Phi) is 3.88. The highest BCUT2D eigenvalue weighted by atomic mass is 19.3. The van der Waals surface area contributed by atoms with Gasteiger partial charge in [-0.05, 0) is 25.0 Å². The fourth-order valence-electron chi connectivity index (χ4n) is 3.99. The molecule has 5 nitrogen and oxygen atoms in total. The summed E-state index contributed by atoms with van der Waals surface area (Å²) in [4.78, 5) is 25.3. The van der Waals surface area contributed by atoms with Crippen molar-refractivity contribution in [2.75, 3.05) is 19.8 Å². The maximum Gasteiger partial charge on any atom is 0.268 e. The maximum atomic E-state index is 14.8. The lowest BCUT2D eigenvalue weighted by Crippen LogP contribution is -2.47. The number of halogens is 2. The van der Waals surface area contributed by atoms with E-state index < -0.39 is 36.0 Å². The fourth-order valence-corrected chi connectivity index (χ4v) is 3.99. The van der Waals surface area contributed by atoms with Gasteiger partial charge in [-0.25, -0.2) is 8.78 Å². The normalized spacial score (nSPS) is 23.5. The predicted molar refractivity (Wildman–Crippen MR) is 83.3 cm³/mol. The van der Waals surface area contributed by atoms with Crippen LogP contribution in [0, 0.1) is 5.92 Å². The van der Waals surface area contributed by atoms with Crippen LogP contribution in [-0.2, 0) is 9.47 Å². The molecular formula is C18H19F2NO4. The van der Waals surface area contributed by atoms with Gasteiger partial charge in [-0.15, -0.1) is 0 Å². The van der Waals surface area contributed by atoms with Gasteiger partial charge in [0, 0.05) is 18.8 Å². The number of hydrogen-bond donors (Lipinski definition) is 0. The van der Waals surface area contributed by atoms with Gasteiger partial charge in [-0.1, -0.05) is 12.1 Å². The summed E-state index contributed by atoms with van der Waals surface area (Å²) in [6.07, 6.45) is 1.32. The minimum absolute atomic E-state index is 0.193. The number of fused-ring (bicyclic) bond motifs is 1. The van der Waals surface area contributed by atoms with Crippen molar-refractivity contribution in [2.24, 2.45) is 5.92 Å². The summed E-state index contributed by atoms with van der Waals surface area (Å²) >= 11 is 0. The third-order valence-electron chi connectivity index (χ3n) is 5.41. The zero-order chi connectivity index (χ0) is 17.7. The summed E-state index contributed by atoms with van der Waals surface area (Å²) in [6.45, 7) is 0.116. The van der Waals surface area contributed by atoms with E-state index in [-0.39, 0.29) is 24.0 Å². The Morgan fingerprint density at radius 3 is 2.08 bits per heavy atom. The van der Waals surface area contributed by atoms with E-state index in [1.807, 2.05) is 0 Å². The van der Waals surface area contributed by atoms with Crippen molar-refractivity contribution in [2.45, 2.75) is 37.4 Å². The Labute approximate surface area is 143 Å². The number of rotatable bonds is 3. The SMILES string of the molecule is O=C1c2ccccc2C(=O)N1CC(F)(F)C1CCC2(CC1)OCCO2. The Morgan fingerprint density at radius 1 is 1.04 bits per heavy atom. The number of carbonyl (C=O) groups excluding carboxylic acids is 2. The molecule has 0 atom stereocenters. The number of amides is 2. The molecule has 0 N–H and O–H groups in total. The fraction of sp³-hybridized carbons (Fsp3) is 0.556. The molecule has 4 rings (SSSR count). The molecule has 2 heterocycles. The van der Waals surface area contributed by atoms with Crippen LogP contribution < -0.4 is 0 Å². The second-order valence-corrected chi connectivity index (χ2v) is 6.88. The van der Waals surface area contributed by atoms with Crippen LogP contribution in [0.3, 0.4) is 0 Å². The van der Waals surface area contributed by atoms with Crippen LogP contribution >= 0.6 is 0 Å². The number of nitrogens with zero attached hydrogens (tertiary/aromatic N) is 1. The van der Waals surface area contributed by atoms with Crippen molar-refractivity contribution in [3.05, 3.63) is 35.4 Å². The molecule has 0 radical (unpaired) electrons. The van der Waals surface area contributed by atoms with Gasteiger partial charge in [0.15, 0.2) is 5.79 Å². The van der Waals surface area contributed by atoms with Crippen molar-refractivity contribution in [3.8, 4) is 0 Å². The van der Waals surface area contributed by atoms with Crippen LogP contribution in [0.25, 0.3) is 0 Å². The van der Waals surface area contributed by atoms with E-state index in [1.54, 1.807) is 12.1 Å². The van der Waals surface area contributed by atoms with E-state index >= 15 is 0 Å². The standard InChI is InChI=1S/C18H19F2NO4/c19-18(20,12-5-7-17(8-6-12)24-9-10-25-17)11-21-15(22)13-3-1-2-4-14(13)16(21)23/h1-4,12H,5-11H2. The molecule has 134 valence electrons. The second kappa shape index (κ2) is 5.85. The van der Waals surface area contributed by atoms with Crippen molar-refractivity contribution in [1.82, 2.24) is 4.90 Å². The van der Waals surface area contributed by atoms with Crippen LogP contribution in [-0.4, -0.2) is 48.2 Å². The van der Waals surface area contributed by atoms with Crippen LogP contribution in [0.1, 0.15) is 46.4 Å². The molecule has 25 heavy (non-hydrogen) atoms. The summed E-state index contributed by atoms with van der Waals surface area (Å²) < 4.78 is 40.7. The number of hydrogen-bond acceptors (Lipinski definition) is 4. The lowest BCUT2D eigenvalue weighted by molar-refractivity contribution is -0.198. The van der Waals surface area contributed by atoms with Crippen molar-refractivity contribution >= 4 is 11.8 Å². The average molecular weight is 351 g/mol. The van der Waals surface area contributed by atoms with Crippen LogP contribution in [0.2, 0.25) is 0 Å². The Balaban J connectivity index is 1.45. The van der Waals surface area contributed by atoms with Gasteiger partial charge in [0.05, 0.1) is 30.9 Å². The van der Waals surface area contributed by atoms with Crippen molar-refractivity contribution in [3.63, 3.8) is 0 Å². The van der Waals surface area contributed by atoms with Crippen molar-refractivity contribution in [1.29, 1.82) is 0 Å². The first-order valence-electron chi connectivity index (χ1n) is 8.53. The topological polar surface area (TPSA) is 55.8 Å². The molecule has 2 fully saturated rings. The highest BCUT2D eigenvalue weighted by molar-refractivity contribution is 6.21. The van der Waals surface area contributed by atoms with E-state index in [2.05, 4.69) is 0 Å². The molecular weight excluding hydrogens is 332 g/mol. The van der Waals surface area contributed by atoms with Gasteiger partial charge in [0.25, 0.3) is 17.7 Å². The number of alkyl halides is 2. The smallest absolute Gasteiger partial charge is 0.268 e. The zero-order valence-electron chi connectivity index (χ0n) is 13.7. The third-order valence-corrected chi connectivity index (χ3v) is 5.41.